The summed E-state index contributed by atoms with van der Waals surface area (Å²) in [7, 11) is 4.82. The summed E-state index contributed by atoms with van der Waals surface area (Å²) < 4.78 is 24.0. The first kappa shape index (κ1) is 17.3. The fraction of sp³-hybridized carbons (Fsp3) is 0.235. The van der Waals surface area contributed by atoms with Crippen molar-refractivity contribution in [1.29, 1.82) is 0 Å². The average Bonchev–Trinajstić information content (AvgIpc) is 2.54. The van der Waals surface area contributed by atoms with Crippen LogP contribution in [-0.2, 0) is 6.54 Å². The normalized spacial score (nSPS) is 10.3. The van der Waals surface area contributed by atoms with E-state index in [2.05, 4.69) is 15.9 Å². The van der Waals surface area contributed by atoms with Crippen molar-refractivity contribution in [2.45, 2.75) is 6.54 Å². The van der Waals surface area contributed by atoms with Gasteiger partial charge in [-0.15, -0.1) is 0 Å². The van der Waals surface area contributed by atoms with Crippen LogP contribution in [0.5, 0.6) is 11.5 Å². The zero-order chi connectivity index (χ0) is 17.0. The lowest BCUT2D eigenvalue weighted by Crippen LogP contribution is -2.26. The molecule has 0 aromatic heterocycles. The maximum absolute atomic E-state index is 13.1. The third kappa shape index (κ3) is 4.01. The Morgan fingerprint density at radius 3 is 2.43 bits per heavy atom. The van der Waals surface area contributed by atoms with E-state index >= 15 is 0 Å². The molecular formula is C17H17BrFNO3. The summed E-state index contributed by atoms with van der Waals surface area (Å²) in [4.78, 5) is 14.0. The van der Waals surface area contributed by atoms with E-state index in [4.69, 9.17) is 9.47 Å². The summed E-state index contributed by atoms with van der Waals surface area (Å²) in [6, 6.07) is 9.49. The summed E-state index contributed by atoms with van der Waals surface area (Å²) in [5.74, 6) is 0.642. The van der Waals surface area contributed by atoms with Crippen LogP contribution >= 0.6 is 15.9 Å². The van der Waals surface area contributed by atoms with E-state index in [0.717, 1.165) is 5.56 Å². The zero-order valence-electron chi connectivity index (χ0n) is 13.1. The Morgan fingerprint density at radius 1 is 1.13 bits per heavy atom. The van der Waals surface area contributed by atoms with Crippen molar-refractivity contribution in [1.82, 2.24) is 4.90 Å². The van der Waals surface area contributed by atoms with Gasteiger partial charge in [0.1, 0.15) is 5.82 Å². The number of methoxy groups -OCH3 is 2. The predicted molar refractivity (Wildman–Crippen MR) is 89.4 cm³/mol. The number of rotatable bonds is 5. The number of benzene rings is 2. The van der Waals surface area contributed by atoms with Gasteiger partial charge in [0.2, 0.25) is 0 Å². The van der Waals surface area contributed by atoms with E-state index in [9.17, 15) is 9.18 Å². The Kier molecular flexibility index (Phi) is 5.60. The molecule has 1 amide bonds. The third-order valence-electron chi connectivity index (χ3n) is 3.38. The van der Waals surface area contributed by atoms with E-state index < -0.39 is 5.82 Å². The highest BCUT2D eigenvalue weighted by molar-refractivity contribution is 9.10. The number of nitrogens with zero attached hydrogens (tertiary/aromatic N) is 1. The van der Waals surface area contributed by atoms with Gasteiger partial charge in [-0.05, 0) is 51.8 Å². The summed E-state index contributed by atoms with van der Waals surface area (Å²) in [5.41, 5.74) is 1.31. The minimum absolute atomic E-state index is 0.202. The lowest BCUT2D eigenvalue weighted by molar-refractivity contribution is 0.0784. The largest absolute Gasteiger partial charge is 0.493 e. The van der Waals surface area contributed by atoms with Gasteiger partial charge in [0, 0.05) is 18.1 Å². The molecule has 0 unspecified atom stereocenters. The van der Waals surface area contributed by atoms with Crippen molar-refractivity contribution < 1.29 is 18.7 Å². The lowest BCUT2D eigenvalue weighted by atomic mass is 10.1. The maximum Gasteiger partial charge on any atom is 0.255 e. The zero-order valence-corrected chi connectivity index (χ0v) is 14.7. The van der Waals surface area contributed by atoms with Crippen molar-refractivity contribution in [2.75, 3.05) is 21.3 Å². The molecule has 2 aromatic carbocycles. The third-order valence-corrected chi connectivity index (χ3v) is 4.03. The van der Waals surface area contributed by atoms with E-state index in [1.165, 1.54) is 18.2 Å². The number of amides is 1. The molecule has 0 spiro atoms. The molecule has 0 saturated heterocycles. The summed E-state index contributed by atoms with van der Waals surface area (Å²) >= 11 is 3.22. The van der Waals surface area contributed by atoms with Crippen LogP contribution in [0.2, 0.25) is 0 Å². The van der Waals surface area contributed by atoms with Crippen LogP contribution in [0, 0.1) is 5.82 Å². The average molecular weight is 382 g/mol. The highest BCUT2D eigenvalue weighted by atomic mass is 79.9. The van der Waals surface area contributed by atoms with Crippen molar-refractivity contribution in [3.8, 4) is 11.5 Å². The molecule has 0 aliphatic carbocycles. The van der Waals surface area contributed by atoms with Crippen molar-refractivity contribution in [3.63, 3.8) is 0 Å². The topological polar surface area (TPSA) is 38.8 Å². The number of ether oxygens (including phenoxy) is 2. The van der Waals surface area contributed by atoms with Gasteiger partial charge in [0.25, 0.3) is 5.91 Å². The molecule has 0 heterocycles. The van der Waals surface area contributed by atoms with Gasteiger partial charge in [-0.25, -0.2) is 4.39 Å². The molecule has 0 aliphatic rings. The first-order valence-electron chi connectivity index (χ1n) is 6.87. The Bertz CT molecular complexity index is 721. The molecule has 0 bridgehead atoms. The number of carbonyl (C=O) groups is 1. The summed E-state index contributed by atoms with van der Waals surface area (Å²) in [6.45, 7) is 0.392. The second-order valence-corrected chi connectivity index (χ2v) is 5.83. The van der Waals surface area contributed by atoms with Gasteiger partial charge in [-0.2, -0.15) is 0 Å². The van der Waals surface area contributed by atoms with Crippen LogP contribution in [0.3, 0.4) is 0 Å². The van der Waals surface area contributed by atoms with Crippen molar-refractivity contribution in [3.05, 3.63) is 57.8 Å². The second-order valence-electron chi connectivity index (χ2n) is 4.97. The van der Waals surface area contributed by atoms with Crippen LogP contribution in [0.4, 0.5) is 4.39 Å². The first-order chi connectivity index (χ1) is 11.0. The molecule has 0 atom stereocenters. The predicted octanol–water partition coefficient (Wildman–Crippen LogP) is 3.88. The Balaban J connectivity index is 2.18. The molecule has 4 nitrogen and oxygen atoms in total. The SMILES string of the molecule is COc1ccc(CN(C)C(=O)c2ccc(F)cc2Br)cc1OC. The second kappa shape index (κ2) is 7.46. The van der Waals surface area contributed by atoms with Crippen LogP contribution in [0.1, 0.15) is 15.9 Å². The van der Waals surface area contributed by atoms with Gasteiger partial charge in [-0.3, -0.25) is 4.79 Å². The molecular weight excluding hydrogens is 365 g/mol. The molecule has 2 aromatic rings. The quantitative estimate of drug-likeness (QED) is 0.788. The maximum atomic E-state index is 13.1. The number of hydrogen-bond acceptors (Lipinski definition) is 3. The Morgan fingerprint density at radius 2 is 1.83 bits per heavy atom. The molecule has 0 N–H and O–H groups in total. The number of halogens is 2. The highest BCUT2D eigenvalue weighted by Crippen LogP contribution is 2.28. The summed E-state index contributed by atoms with van der Waals surface area (Å²) in [6.07, 6.45) is 0. The van der Waals surface area contributed by atoms with E-state index in [-0.39, 0.29) is 5.91 Å². The van der Waals surface area contributed by atoms with Crippen molar-refractivity contribution in [2.24, 2.45) is 0 Å². The van der Waals surface area contributed by atoms with E-state index in [1.807, 2.05) is 12.1 Å². The minimum atomic E-state index is -0.393. The smallest absolute Gasteiger partial charge is 0.255 e. The van der Waals surface area contributed by atoms with Crippen molar-refractivity contribution >= 4 is 21.8 Å². The fourth-order valence-electron chi connectivity index (χ4n) is 2.19. The van der Waals surface area contributed by atoms with Gasteiger partial charge in [-0.1, -0.05) is 6.07 Å². The van der Waals surface area contributed by atoms with Gasteiger partial charge in [0.05, 0.1) is 19.8 Å². The molecule has 0 radical (unpaired) electrons. The molecule has 122 valence electrons. The standard InChI is InChI=1S/C17H17BrFNO3/c1-20(17(21)13-6-5-12(19)9-14(13)18)10-11-4-7-15(22-2)16(8-11)23-3/h4-9H,10H2,1-3H3. The van der Waals surface area contributed by atoms with E-state index in [0.29, 0.717) is 28.1 Å². The fourth-order valence-corrected chi connectivity index (χ4v) is 2.71. The molecule has 6 heteroatoms. The van der Waals surface area contributed by atoms with Crippen LogP contribution < -0.4 is 9.47 Å². The highest BCUT2D eigenvalue weighted by Gasteiger charge is 2.16. The molecule has 0 aliphatic heterocycles. The monoisotopic (exact) mass is 381 g/mol. The number of carbonyl (C=O) groups excluding carboxylic acids is 1. The lowest BCUT2D eigenvalue weighted by Gasteiger charge is -2.19. The molecule has 0 saturated carbocycles. The van der Waals surface area contributed by atoms with Crippen LogP contribution in [0.15, 0.2) is 40.9 Å². The number of hydrogen-bond donors (Lipinski definition) is 0. The van der Waals surface area contributed by atoms with E-state index in [1.54, 1.807) is 32.2 Å². The summed E-state index contributed by atoms with van der Waals surface area (Å²) in [5, 5.41) is 0. The van der Waals surface area contributed by atoms with Crippen LogP contribution in [0.25, 0.3) is 0 Å². The van der Waals surface area contributed by atoms with Gasteiger partial charge < -0.3 is 14.4 Å². The van der Waals surface area contributed by atoms with Crippen LogP contribution in [-0.4, -0.2) is 32.1 Å². The van der Waals surface area contributed by atoms with Gasteiger partial charge >= 0.3 is 0 Å². The van der Waals surface area contributed by atoms with Gasteiger partial charge in [0.15, 0.2) is 11.5 Å². The molecule has 0 fully saturated rings. The Labute approximate surface area is 142 Å². The molecule has 23 heavy (non-hydrogen) atoms. The minimum Gasteiger partial charge on any atom is -0.493 e. The Hall–Kier alpha value is -2.08. The first-order valence-corrected chi connectivity index (χ1v) is 7.67. The molecule has 2 rings (SSSR count).